The number of anilines is 1. The first-order valence-electron chi connectivity index (χ1n) is 13.7. The number of hydrogen-bond donors (Lipinski definition) is 1. The normalized spacial score (nSPS) is 15.9. The van der Waals surface area contributed by atoms with Crippen LogP contribution in [-0.2, 0) is 11.2 Å². The molecule has 0 spiro atoms. The van der Waals surface area contributed by atoms with Gasteiger partial charge in [0, 0.05) is 48.5 Å². The number of rotatable bonds is 8. The summed E-state index contributed by atoms with van der Waals surface area (Å²) in [6.07, 6.45) is 4.61. The van der Waals surface area contributed by atoms with Crippen molar-refractivity contribution < 1.29 is 23.4 Å². The highest BCUT2D eigenvalue weighted by Gasteiger charge is 2.32. The zero-order chi connectivity index (χ0) is 29.4. The maximum atomic E-state index is 15.4. The molecule has 0 aliphatic carbocycles. The number of aliphatic hydroxyl groups is 1. The van der Waals surface area contributed by atoms with Gasteiger partial charge in [-0.15, -0.1) is 0 Å². The molecule has 5 aromatic rings. The molecule has 1 N–H and O–H groups in total. The number of carbonyl (C=O) groups is 1. The van der Waals surface area contributed by atoms with E-state index in [-0.39, 0.29) is 30.4 Å². The SMILES string of the molecule is COc1ccc(-c2cc3c(cc2F)nc(Cc2ccc(N4C(=O)CCC4CO)nc2)n3[C@@H](C)c2ccc(F)cc2)cn1. The van der Waals surface area contributed by atoms with Gasteiger partial charge in [-0.05, 0) is 54.8 Å². The smallest absolute Gasteiger partial charge is 0.228 e. The summed E-state index contributed by atoms with van der Waals surface area (Å²) in [5.41, 5.74) is 3.87. The number of pyridine rings is 2. The highest BCUT2D eigenvalue weighted by atomic mass is 19.1. The van der Waals surface area contributed by atoms with Gasteiger partial charge in [0.15, 0.2) is 0 Å². The van der Waals surface area contributed by atoms with Gasteiger partial charge in [0.2, 0.25) is 11.8 Å². The summed E-state index contributed by atoms with van der Waals surface area (Å²) in [5.74, 6) is 0.774. The molecule has 2 atom stereocenters. The highest BCUT2D eigenvalue weighted by molar-refractivity contribution is 5.95. The van der Waals surface area contributed by atoms with E-state index in [4.69, 9.17) is 9.72 Å². The van der Waals surface area contributed by atoms with E-state index in [1.807, 2.05) is 17.6 Å². The fourth-order valence-corrected chi connectivity index (χ4v) is 5.57. The van der Waals surface area contributed by atoms with Gasteiger partial charge in [-0.2, -0.15) is 0 Å². The van der Waals surface area contributed by atoms with E-state index in [2.05, 4.69) is 9.97 Å². The molecule has 1 aliphatic heterocycles. The predicted molar refractivity (Wildman–Crippen MR) is 154 cm³/mol. The van der Waals surface area contributed by atoms with E-state index in [0.717, 1.165) is 11.1 Å². The number of methoxy groups -OCH3 is 1. The molecule has 42 heavy (non-hydrogen) atoms. The van der Waals surface area contributed by atoms with Crippen molar-refractivity contribution in [1.82, 2.24) is 19.5 Å². The third kappa shape index (κ3) is 5.09. The Balaban J connectivity index is 1.42. The molecule has 2 aromatic carbocycles. The zero-order valence-electron chi connectivity index (χ0n) is 23.2. The molecule has 3 aromatic heterocycles. The van der Waals surface area contributed by atoms with Gasteiger partial charge in [0.1, 0.15) is 23.3 Å². The van der Waals surface area contributed by atoms with E-state index in [1.54, 1.807) is 53.7 Å². The van der Waals surface area contributed by atoms with Crippen LogP contribution in [0.4, 0.5) is 14.6 Å². The molecular weight excluding hydrogens is 540 g/mol. The van der Waals surface area contributed by atoms with Gasteiger partial charge in [0.25, 0.3) is 0 Å². The van der Waals surface area contributed by atoms with E-state index < -0.39 is 5.82 Å². The number of amides is 1. The molecule has 6 rings (SSSR count). The van der Waals surface area contributed by atoms with Crippen molar-refractivity contribution in [2.45, 2.75) is 38.3 Å². The fraction of sp³-hybridized carbons (Fsp3) is 0.250. The maximum absolute atomic E-state index is 15.4. The van der Waals surface area contributed by atoms with Gasteiger partial charge in [0.05, 0.1) is 36.8 Å². The molecular formula is C32H29F2N5O3. The highest BCUT2D eigenvalue weighted by Crippen LogP contribution is 2.33. The zero-order valence-corrected chi connectivity index (χ0v) is 23.2. The summed E-state index contributed by atoms with van der Waals surface area (Å²) in [6.45, 7) is 1.87. The molecule has 8 nitrogen and oxygen atoms in total. The summed E-state index contributed by atoms with van der Waals surface area (Å²) >= 11 is 0. The summed E-state index contributed by atoms with van der Waals surface area (Å²) in [7, 11) is 1.52. The number of ether oxygens (including phenoxy) is 1. The Morgan fingerprint density at radius 3 is 2.52 bits per heavy atom. The number of aromatic nitrogens is 4. The number of hydrogen-bond acceptors (Lipinski definition) is 6. The summed E-state index contributed by atoms with van der Waals surface area (Å²) in [6, 6.07) is 16.0. The number of imidazole rings is 1. The minimum absolute atomic E-state index is 0.0610. The van der Waals surface area contributed by atoms with E-state index in [9.17, 15) is 14.3 Å². The Morgan fingerprint density at radius 2 is 1.86 bits per heavy atom. The monoisotopic (exact) mass is 569 g/mol. The molecule has 1 aliphatic rings. The lowest BCUT2D eigenvalue weighted by Crippen LogP contribution is -2.35. The standard InChI is InChI=1S/C32H29F2N5O3/c1-19(21-4-7-23(33)8-5-21)38-28-14-25(22-6-11-31(42-2)36-17-22)26(34)15-27(28)37-30(38)13-20-3-10-29(35-16-20)39-24(18-40)9-12-32(39)41/h3-8,10-11,14-17,19,24,40H,9,12-13,18H2,1-2H3/t19-,24?/m0/s1. The molecule has 0 bridgehead atoms. The van der Waals surface area contributed by atoms with Gasteiger partial charge >= 0.3 is 0 Å². The third-order valence-corrected chi connectivity index (χ3v) is 7.80. The van der Waals surface area contributed by atoms with Crippen LogP contribution in [0, 0.1) is 11.6 Å². The number of nitrogens with zero attached hydrogens (tertiary/aromatic N) is 5. The summed E-state index contributed by atoms with van der Waals surface area (Å²) in [5, 5.41) is 9.67. The molecule has 0 radical (unpaired) electrons. The quantitative estimate of drug-likeness (QED) is 0.267. The van der Waals surface area contributed by atoms with E-state index in [0.29, 0.717) is 58.9 Å². The van der Waals surface area contributed by atoms with Gasteiger partial charge < -0.3 is 14.4 Å². The molecule has 214 valence electrons. The van der Waals surface area contributed by atoms with Crippen molar-refractivity contribution >= 4 is 22.8 Å². The lowest BCUT2D eigenvalue weighted by atomic mass is 10.0. The van der Waals surface area contributed by atoms with Crippen molar-refractivity contribution in [3.8, 4) is 17.0 Å². The number of carbonyl (C=O) groups excluding carboxylic acids is 1. The number of aliphatic hydroxyl groups excluding tert-OH is 1. The maximum Gasteiger partial charge on any atom is 0.228 e. The van der Waals surface area contributed by atoms with Crippen molar-refractivity contribution in [3.63, 3.8) is 0 Å². The van der Waals surface area contributed by atoms with E-state index >= 15 is 4.39 Å². The summed E-state index contributed by atoms with van der Waals surface area (Å²) < 4.78 is 36.3. The third-order valence-electron chi connectivity index (χ3n) is 7.80. The Hall–Kier alpha value is -4.70. The van der Waals surface area contributed by atoms with Gasteiger partial charge in [-0.3, -0.25) is 9.69 Å². The first-order valence-corrected chi connectivity index (χ1v) is 13.7. The fourth-order valence-electron chi connectivity index (χ4n) is 5.57. The number of fused-ring (bicyclic) bond motifs is 1. The van der Waals surface area contributed by atoms with Crippen LogP contribution in [-0.4, -0.2) is 50.3 Å². The predicted octanol–water partition coefficient (Wildman–Crippen LogP) is 5.47. The second kappa shape index (κ2) is 11.3. The lowest BCUT2D eigenvalue weighted by Gasteiger charge is -2.22. The van der Waals surface area contributed by atoms with Crippen LogP contribution < -0.4 is 9.64 Å². The molecule has 10 heteroatoms. The van der Waals surface area contributed by atoms with Crippen molar-refractivity contribution in [1.29, 1.82) is 0 Å². The van der Waals surface area contributed by atoms with E-state index in [1.165, 1.54) is 25.3 Å². The average molecular weight is 570 g/mol. The number of benzene rings is 2. The lowest BCUT2D eigenvalue weighted by molar-refractivity contribution is -0.117. The Morgan fingerprint density at radius 1 is 1.05 bits per heavy atom. The van der Waals surface area contributed by atoms with Crippen LogP contribution in [0.15, 0.2) is 73.1 Å². The number of halogens is 2. The van der Waals surface area contributed by atoms with Crippen molar-refractivity contribution in [3.05, 3.63) is 102 Å². The summed E-state index contributed by atoms with van der Waals surface area (Å²) in [4.78, 5) is 27.5. The molecule has 4 heterocycles. The van der Waals surface area contributed by atoms with Crippen molar-refractivity contribution in [2.24, 2.45) is 0 Å². The van der Waals surface area contributed by atoms with Gasteiger partial charge in [-0.25, -0.2) is 23.7 Å². The Bertz CT molecular complexity index is 1740. The van der Waals surface area contributed by atoms with Crippen LogP contribution in [0.25, 0.3) is 22.2 Å². The Labute approximate surface area is 241 Å². The Kier molecular flexibility index (Phi) is 7.38. The van der Waals surface area contributed by atoms with Crippen LogP contribution in [0.1, 0.15) is 42.8 Å². The van der Waals surface area contributed by atoms with Crippen LogP contribution >= 0.6 is 0 Å². The van der Waals surface area contributed by atoms with Crippen molar-refractivity contribution in [2.75, 3.05) is 18.6 Å². The topological polar surface area (TPSA) is 93.4 Å². The largest absolute Gasteiger partial charge is 0.481 e. The minimum Gasteiger partial charge on any atom is -0.481 e. The first-order chi connectivity index (χ1) is 20.4. The second-order valence-electron chi connectivity index (χ2n) is 10.4. The van der Waals surface area contributed by atoms with Crippen LogP contribution in [0.2, 0.25) is 0 Å². The second-order valence-corrected chi connectivity index (χ2v) is 10.4. The van der Waals surface area contributed by atoms with Crippen LogP contribution in [0.3, 0.4) is 0 Å². The molecule has 1 fully saturated rings. The molecule has 0 saturated carbocycles. The molecule has 1 amide bonds. The van der Waals surface area contributed by atoms with Crippen LogP contribution in [0.5, 0.6) is 5.88 Å². The first kappa shape index (κ1) is 27.5. The van der Waals surface area contributed by atoms with Gasteiger partial charge in [-0.1, -0.05) is 18.2 Å². The minimum atomic E-state index is -0.431. The molecule has 1 saturated heterocycles. The average Bonchev–Trinajstić information content (AvgIpc) is 3.56. The molecule has 1 unspecified atom stereocenters.